The molecule has 0 bridgehead atoms. The van der Waals surface area contributed by atoms with Gasteiger partial charge in [-0.1, -0.05) is 17.8 Å². The van der Waals surface area contributed by atoms with Crippen LogP contribution < -0.4 is 5.48 Å². The number of fused-ring (bicyclic) bond motifs is 3. The van der Waals surface area contributed by atoms with Crippen LogP contribution in [-0.4, -0.2) is 34.2 Å². The Kier molecular flexibility index (Phi) is 5.05. The lowest BCUT2D eigenvalue weighted by Crippen LogP contribution is -2.30. The molecule has 1 aliphatic heterocycles. The number of likely N-dealkylation sites (N-methyl/N-ethyl adjacent to an activating group) is 1. The maximum Gasteiger partial charge on any atom is 0.416 e. The van der Waals surface area contributed by atoms with Crippen LogP contribution in [0.25, 0.3) is 10.9 Å². The predicted octanol–water partition coefficient (Wildman–Crippen LogP) is 4.38. The van der Waals surface area contributed by atoms with Crippen LogP contribution in [-0.2, 0) is 19.3 Å². The molecule has 1 amide bonds. The summed E-state index contributed by atoms with van der Waals surface area (Å²) < 4.78 is 41.7. The van der Waals surface area contributed by atoms with Crippen molar-refractivity contribution in [2.75, 3.05) is 13.6 Å². The quantitative estimate of drug-likeness (QED) is 0.487. The van der Waals surface area contributed by atoms with Crippen molar-refractivity contribution < 1.29 is 23.2 Å². The van der Waals surface area contributed by atoms with Crippen molar-refractivity contribution in [1.29, 1.82) is 0 Å². The fourth-order valence-corrected chi connectivity index (χ4v) is 4.66. The zero-order chi connectivity index (χ0) is 20.8. The monoisotopic (exact) mass is 421 g/mol. The molecule has 0 saturated heterocycles. The number of carbonyl (C=O) groups is 1. The minimum Gasteiger partial charge on any atom is -0.330 e. The Hall–Kier alpha value is -2.49. The molecule has 0 atom stereocenters. The van der Waals surface area contributed by atoms with E-state index in [2.05, 4.69) is 4.90 Å². The fraction of sp³-hybridized carbons (Fsp3) is 0.250. The number of alkyl halides is 3. The van der Waals surface area contributed by atoms with Crippen LogP contribution in [0, 0.1) is 0 Å². The van der Waals surface area contributed by atoms with Crippen molar-refractivity contribution in [2.45, 2.75) is 29.1 Å². The summed E-state index contributed by atoms with van der Waals surface area (Å²) in [5.74, 6) is -0.601. The van der Waals surface area contributed by atoms with Gasteiger partial charge in [-0.2, -0.15) is 13.2 Å². The van der Waals surface area contributed by atoms with E-state index in [0.717, 1.165) is 39.9 Å². The Labute approximate surface area is 169 Å². The highest BCUT2D eigenvalue weighted by Gasteiger charge is 2.32. The van der Waals surface area contributed by atoms with E-state index >= 15 is 0 Å². The smallest absolute Gasteiger partial charge is 0.330 e. The van der Waals surface area contributed by atoms with Gasteiger partial charge in [0.2, 0.25) is 0 Å². The Morgan fingerprint density at radius 1 is 1.17 bits per heavy atom. The molecule has 0 spiro atoms. The molecule has 152 valence electrons. The first kappa shape index (κ1) is 19.8. The number of rotatable bonds is 3. The Morgan fingerprint density at radius 2 is 1.90 bits per heavy atom. The zero-order valence-corrected chi connectivity index (χ0v) is 16.3. The number of hydrogen-bond donors (Lipinski definition) is 2. The number of amides is 1. The zero-order valence-electron chi connectivity index (χ0n) is 15.5. The number of hydroxylamine groups is 1. The van der Waals surface area contributed by atoms with E-state index in [4.69, 9.17) is 5.21 Å². The van der Waals surface area contributed by atoms with Gasteiger partial charge in [-0.3, -0.25) is 14.9 Å². The first-order valence-electron chi connectivity index (χ1n) is 8.91. The Balaban J connectivity index is 1.79. The van der Waals surface area contributed by atoms with E-state index in [1.165, 1.54) is 17.8 Å². The minimum atomic E-state index is -4.39. The predicted molar refractivity (Wildman–Crippen MR) is 103 cm³/mol. The van der Waals surface area contributed by atoms with Crippen LogP contribution in [0.2, 0.25) is 0 Å². The first-order chi connectivity index (χ1) is 13.8. The van der Waals surface area contributed by atoms with E-state index in [0.29, 0.717) is 17.7 Å². The van der Waals surface area contributed by atoms with Gasteiger partial charge in [0.15, 0.2) is 0 Å². The van der Waals surface area contributed by atoms with Gasteiger partial charge in [0, 0.05) is 39.4 Å². The topological polar surface area (TPSA) is 57.5 Å². The second-order valence-corrected chi connectivity index (χ2v) is 8.06. The molecule has 3 aromatic rings. The van der Waals surface area contributed by atoms with Crippen LogP contribution >= 0.6 is 11.8 Å². The van der Waals surface area contributed by atoms with Gasteiger partial charge >= 0.3 is 6.18 Å². The summed E-state index contributed by atoms with van der Waals surface area (Å²) >= 11 is 1.47. The van der Waals surface area contributed by atoms with E-state index in [1.807, 2.05) is 11.6 Å². The Morgan fingerprint density at radius 3 is 2.55 bits per heavy atom. The third-order valence-electron chi connectivity index (χ3n) is 5.00. The molecular formula is C20H18F3N3O2S. The maximum atomic E-state index is 13.2. The van der Waals surface area contributed by atoms with Gasteiger partial charge < -0.3 is 4.57 Å². The lowest BCUT2D eigenvalue weighted by atomic mass is 10.1. The molecule has 5 nitrogen and oxygen atoms in total. The van der Waals surface area contributed by atoms with Gasteiger partial charge in [0.05, 0.1) is 17.7 Å². The van der Waals surface area contributed by atoms with E-state index in [1.54, 1.807) is 35.8 Å². The molecule has 2 heterocycles. The van der Waals surface area contributed by atoms with Crippen molar-refractivity contribution in [1.82, 2.24) is 14.9 Å². The van der Waals surface area contributed by atoms with Crippen LogP contribution in [0.3, 0.4) is 0 Å². The highest BCUT2D eigenvalue weighted by molar-refractivity contribution is 7.99. The molecule has 2 aromatic carbocycles. The van der Waals surface area contributed by atoms with Gasteiger partial charge in [-0.15, -0.1) is 0 Å². The lowest BCUT2D eigenvalue weighted by Gasteiger charge is -2.26. The molecule has 1 aromatic heterocycles. The second-order valence-electron chi connectivity index (χ2n) is 6.97. The minimum absolute atomic E-state index is 0.317. The van der Waals surface area contributed by atoms with Crippen molar-refractivity contribution in [3.05, 3.63) is 59.3 Å². The molecule has 0 fully saturated rings. The maximum absolute atomic E-state index is 13.2. The normalized spacial score (nSPS) is 14.8. The summed E-state index contributed by atoms with van der Waals surface area (Å²) in [7, 11) is 1.94. The third-order valence-corrected chi connectivity index (χ3v) is 6.17. The van der Waals surface area contributed by atoms with Crippen molar-refractivity contribution in [2.24, 2.45) is 0 Å². The van der Waals surface area contributed by atoms with Crippen molar-refractivity contribution in [3.8, 4) is 0 Å². The molecule has 29 heavy (non-hydrogen) atoms. The first-order valence-corrected chi connectivity index (χ1v) is 9.73. The summed E-state index contributed by atoms with van der Waals surface area (Å²) in [5, 5.41) is 9.51. The van der Waals surface area contributed by atoms with E-state index in [-0.39, 0.29) is 0 Å². The second kappa shape index (κ2) is 7.40. The third kappa shape index (κ3) is 3.73. The highest BCUT2D eigenvalue weighted by atomic mass is 32.2. The summed E-state index contributed by atoms with van der Waals surface area (Å²) in [6.07, 6.45) is -3.66. The van der Waals surface area contributed by atoms with E-state index in [9.17, 15) is 18.0 Å². The van der Waals surface area contributed by atoms with Gasteiger partial charge in [-0.05, 0) is 43.4 Å². The van der Waals surface area contributed by atoms with Crippen molar-refractivity contribution in [3.63, 3.8) is 0 Å². The average molecular weight is 421 g/mol. The highest BCUT2D eigenvalue weighted by Crippen LogP contribution is 2.42. The van der Waals surface area contributed by atoms with Crippen LogP contribution in [0.5, 0.6) is 0 Å². The fourth-order valence-electron chi connectivity index (χ4n) is 3.54. The molecule has 1 aliphatic rings. The summed E-state index contributed by atoms with van der Waals surface area (Å²) in [6.45, 7) is 1.36. The van der Waals surface area contributed by atoms with Gasteiger partial charge in [0.25, 0.3) is 5.91 Å². The molecule has 2 N–H and O–H groups in total. The summed E-state index contributed by atoms with van der Waals surface area (Å²) in [4.78, 5) is 15.3. The average Bonchev–Trinajstić information content (AvgIpc) is 3.00. The lowest BCUT2D eigenvalue weighted by molar-refractivity contribution is -0.137. The molecule has 0 aliphatic carbocycles. The standard InChI is InChI=1S/C20H18F3N3O2S/c1-25-9-8-16-18(29-14-5-2-12(3-6-14)19(27)24-28)15-7-4-13(20(21,22)23)10-17(15)26(16)11-25/h2-7,10,28H,8-9,11H2,1H3,(H,24,27). The number of carbonyl (C=O) groups excluding carboxylic acids is 1. The number of hydrogen-bond acceptors (Lipinski definition) is 4. The number of halogens is 3. The molecule has 0 radical (unpaired) electrons. The number of nitrogens with one attached hydrogen (secondary N) is 1. The van der Waals surface area contributed by atoms with Gasteiger partial charge in [-0.25, -0.2) is 5.48 Å². The number of benzene rings is 2. The molecule has 4 rings (SSSR count). The SMILES string of the molecule is CN1CCc2c(Sc3ccc(C(=O)NO)cc3)c3ccc(C(F)(F)F)cc3n2C1. The summed E-state index contributed by atoms with van der Waals surface area (Å²) in [5.41, 5.74) is 2.83. The molecule has 9 heteroatoms. The van der Waals surface area contributed by atoms with Crippen LogP contribution in [0.4, 0.5) is 13.2 Å². The summed E-state index contributed by atoms with van der Waals surface area (Å²) in [6, 6.07) is 10.6. The van der Waals surface area contributed by atoms with E-state index < -0.39 is 17.6 Å². The number of aromatic nitrogens is 1. The number of nitrogens with zero attached hydrogens (tertiary/aromatic N) is 2. The largest absolute Gasteiger partial charge is 0.416 e. The van der Waals surface area contributed by atoms with Crippen molar-refractivity contribution >= 4 is 28.6 Å². The molecule has 0 unspecified atom stereocenters. The molecular weight excluding hydrogens is 403 g/mol. The van der Waals surface area contributed by atoms with Crippen LogP contribution in [0.1, 0.15) is 21.6 Å². The molecule has 0 saturated carbocycles. The van der Waals surface area contributed by atoms with Crippen LogP contribution in [0.15, 0.2) is 52.3 Å². The Bertz CT molecular complexity index is 1080. The van der Waals surface area contributed by atoms with Gasteiger partial charge in [0.1, 0.15) is 0 Å².